The third-order valence-corrected chi connectivity index (χ3v) is 6.60. The first-order chi connectivity index (χ1) is 16.8. The molecule has 0 spiro atoms. The Morgan fingerprint density at radius 2 is 1.86 bits per heavy atom. The highest BCUT2D eigenvalue weighted by atomic mass is 79.9. The lowest BCUT2D eigenvalue weighted by Crippen LogP contribution is -2.16. The molecule has 0 saturated carbocycles. The number of amides is 1. The molecule has 1 heterocycles. The fourth-order valence-electron chi connectivity index (χ4n) is 3.17. The van der Waals surface area contributed by atoms with Crippen LogP contribution in [0.15, 0.2) is 73.1 Å². The zero-order valence-electron chi connectivity index (χ0n) is 18.3. The molecule has 1 amide bonds. The van der Waals surface area contributed by atoms with E-state index in [4.69, 9.17) is 37.1 Å². The molecule has 180 valence electrons. The van der Waals surface area contributed by atoms with Crippen molar-refractivity contribution in [1.29, 1.82) is 0 Å². The lowest BCUT2D eigenvalue weighted by Gasteiger charge is -2.14. The molecule has 0 unspecified atom stereocenters. The van der Waals surface area contributed by atoms with E-state index in [1.807, 2.05) is 25.1 Å². The summed E-state index contributed by atoms with van der Waals surface area (Å²) in [6, 6.07) is 15.9. The van der Waals surface area contributed by atoms with Crippen LogP contribution in [0.3, 0.4) is 0 Å². The highest BCUT2D eigenvalue weighted by Gasteiger charge is 2.14. The number of nitrogens with one attached hydrogen (secondary N) is 1. The van der Waals surface area contributed by atoms with Gasteiger partial charge in [-0.25, -0.2) is 5.43 Å². The number of hydrogen-bond donors (Lipinski definition) is 1. The molecule has 0 bridgehead atoms. The summed E-state index contributed by atoms with van der Waals surface area (Å²) in [6.07, 6.45) is 1.50. The summed E-state index contributed by atoms with van der Waals surface area (Å²) in [4.78, 5) is 12.5. The maximum Gasteiger partial charge on any atom is 0.307 e. The lowest BCUT2D eigenvalue weighted by atomic mass is 10.2. The molecule has 0 aliphatic rings. The Morgan fingerprint density at radius 1 is 1.06 bits per heavy atom. The Labute approximate surface area is 228 Å². The van der Waals surface area contributed by atoms with E-state index in [9.17, 15) is 4.79 Å². The number of ether oxygens (including phenoxy) is 2. The van der Waals surface area contributed by atoms with Crippen molar-refractivity contribution in [3.63, 3.8) is 0 Å². The molecule has 10 heteroatoms. The van der Waals surface area contributed by atoms with Crippen molar-refractivity contribution < 1.29 is 18.7 Å². The molecule has 4 aromatic rings. The first-order valence-electron chi connectivity index (χ1n) is 10.4. The average molecular weight is 641 g/mol. The molecule has 0 radical (unpaired) electrons. The van der Waals surface area contributed by atoms with Crippen LogP contribution >= 0.6 is 55.1 Å². The van der Waals surface area contributed by atoms with Crippen LogP contribution in [0.4, 0.5) is 0 Å². The van der Waals surface area contributed by atoms with Crippen LogP contribution in [0.1, 0.15) is 28.6 Å². The summed E-state index contributed by atoms with van der Waals surface area (Å²) < 4.78 is 18.9. The van der Waals surface area contributed by atoms with E-state index in [1.165, 1.54) is 6.21 Å². The van der Waals surface area contributed by atoms with E-state index >= 15 is 0 Å². The number of carbonyl (C=O) groups is 1. The van der Waals surface area contributed by atoms with Crippen molar-refractivity contribution in [2.75, 3.05) is 6.61 Å². The Balaban J connectivity index is 1.47. The topological polar surface area (TPSA) is 73.1 Å². The summed E-state index contributed by atoms with van der Waals surface area (Å²) in [5.74, 6) is 0.749. The number of hydrogen-bond acceptors (Lipinski definition) is 5. The van der Waals surface area contributed by atoms with Gasteiger partial charge in [-0.2, -0.15) is 5.10 Å². The second kappa shape index (κ2) is 11.5. The zero-order chi connectivity index (χ0) is 24.9. The van der Waals surface area contributed by atoms with Gasteiger partial charge < -0.3 is 13.9 Å². The lowest BCUT2D eigenvalue weighted by molar-refractivity contribution is 0.0929. The zero-order valence-corrected chi connectivity index (χ0v) is 23.0. The maximum atomic E-state index is 12.5. The van der Waals surface area contributed by atoms with Crippen LogP contribution in [0, 0.1) is 0 Å². The highest BCUT2D eigenvalue weighted by molar-refractivity contribution is 9.10. The van der Waals surface area contributed by atoms with E-state index in [2.05, 4.69) is 42.4 Å². The van der Waals surface area contributed by atoms with Crippen molar-refractivity contribution in [3.8, 4) is 11.5 Å². The van der Waals surface area contributed by atoms with E-state index < -0.39 is 5.91 Å². The number of hydrazone groups is 1. The first kappa shape index (κ1) is 25.6. The van der Waals surface area contributed by atoms with Gasteiger partial charge in [0.05, 0.1) is 12.8 Å². The third-order valence-electron chi connectivity index (χ3n) is 4.83. The van der Waals surface area contributed by atoms with E-state index in [-0.39, 0.29) is 12.4 Å². The summed E-state index contributed by atoms with van der Waals surface area (Å²) in [6.45, 7) is 2.55. The van der Waals surface area contributed by atoms with E-state index in [0.717, 1.165) is 15.4 Å². The predicted molar refractivity (Wildman–Crippen MR) is 145 cm³/mol. The Hall–Kier alpha value is -2.52. The van der Waals surface area contributed by atoms with Gasteiger partial charge in [-0.1, -0.05) is 45.2 Å². The number of furan rings is 1. The summed E-state index contributed by atoms with van der Waals surface area (Å²) in [7, 11) is 0. The molecule has 0 fully saturated rings. The number of nitrogens with zero attached hydrogens (tertiary/aromatic N) is 1. The quantitative estimate of drug-likeness (QED) is 0.156. The van der Waals surface area contributed by atoms with E-state index in [1.54, 1.807) is 36.4 Å². The summed E-state index contributed by atoms with van der Waals surface area (Å²) >= 11 is 19.1. The van der Waals surface area contributed by atoms with Gasteiger partial charge >= 0.3 is 5.91 Å². The minimum absolute atomic E-state index is 0.161. The van der Waals surface area contributed by atoms with Gasteiger partial charge in [0.25, 0.3) is 0 Å². The SMILES string of the molecule is CCOc1cc(/C=N/NC(=O)c2cc3cc(Br)ccc3o2)c(Br)cc1OCc1ccc(Cl)cc1Cl. The Bertz CT molecular complexity index is 1420. The van der Waals surface area contributed by atoms with Crippen LogP contribution in [-0.2, 0) is 6.61 Å². The minimum Gasteiger partial charge on any atom is -0.490 e. The number of benzene rings is 3. The van der Waals surface area contributed by atoms with Crippen LogP contribution < -0.4 is 14.9 Å². The van der Waals surface area contributed by atoms with Crippen LogP contribution in [0.5, 0.6) is 11.5 Å². The molecule has 0 aliphatic heterocycles. The summed E-state index contributed by atoms with van der Waals surface area (Å²) in [5.41, 5.74) is 4.57. The number of carbonyl (C=O) groups excluding carboxylic acids is 1. The smallest absolute Gasteiger partial charge is 0.307 e. The predicted octanol–water partition coefficient (Wildman–Crippen LogP) is 8.01. The van der Waals surface area contributed by atoms with Crippen LogP contribution in [0.2, 0.25) is 10.0 Å². The molecule has 0 aliphatic carbocycles. The molecular weight excluding hydrogens is 623 g/mol. The maximum absolute atomic E-state index is 12.5. The molecule has 1 N–H and O–H groups in total. The van der Waals surface area contributed by atoms with Crippen molar-refractivity contribution in [3.05, 3.63) is 90.5 Å². The molecule has 0 saturated heterocycles. The Morgan fingerprint density at radius 3 is 2.63 bits per heavy atom. The van der Waals surface area contributed by atoms with Crippen molar-refractivity contribution in [2.24, 2.45) is 5.10 Å². The molecule has 3 aromatic carbocycles. The van der Waals surface area contributed by atoms with Gasteiger partial charge in [-0.05, 0) is 71.4 Å². The fraction of sp³-hybridized carbons (Fsp3) is 0.120. The number of fused-ring (bicyclic) bond motifs is 1. The van der Waals surface area contributed by atoms with Gasteiger partial charge in [0.2, 0.25) is 0 Å². The fourth-order valence-corrected chi connectivity index (χ4v) is 4.43. The van der Waals surface area contributed by atoms with Gasteiger partial charge in [-0.15, -0.1) is 0 Å². The largest absolute Gasteiger partial charge is 0.490 e. The van der Waals surface area contributed by atoms with E-state index in [0.29, 0.717) is 43.8 Å². The van der Waals surface area contributed by atoms with Crippen molar-refractivity contribution in [2.45, 2.75) is 13.5 Å². The highest BCUT2D eigenvalue weighted by Crippen LogP contribution is 2.34. The molecule has 1 aromatic heterocycles. The molecular formula is C25H18Br2Cl2N2O4. The average Bonchev–Trinajstić information content (AvgIpc) is 3.24. The molecule has 0 atom stereocenters. The first-order valence-corrected chi connectivity index (χ1v) is 12.7. The summed E-state index contributed by atoms with van der Waals surface area (Å²) in [5, 5.41) is 5.95. The van der Waals surface area contributed by atoms with Crippen molar-refractivity contribution >= 4 is 78.2 Å². The van der Waals surface area contributed by atoms with Crippen LogP contribution in [-0.4, -0.2) is 18.7 Å². The standard InChI is InChI=1S/C25H18Br2Cl2N2O4/c1-2-33-22-9-16(19(27)11-23(22)34-13-14-3-5-18(28)10-20(14)29)12-30-31-25(32)24-8-15-7-17(26)4-6-21(15)35-24/h3-12H,2,13H2,1H3,(H,31,32)/b30-12+. The van der Waals surface area contributed by atoms with Gasteiger partial charge in [0.15, 0.2) is 17.3 Å². The second-order valence-corrected chi connectivity index (χ2v) is 9.88. The normalized spacial score (nSPS) is 11.2. The molecule has 6 nitrogen and oxygen atoms in total. The monoisotopic (exact) mass is 638 g/mol. The number of halogens is 4. The van der Waals surface area contributed by atoms with Gasteiger partial charge in [-0.3, -0.25) is 4.79 Å². The third kappa shape index (κ3) is 6.38. The number of rotatable bonds is 8. The van der Waals surface area contributed by atoms with Crippen molar-refractivity contribution in [1.82, 2.24) is 5.43 Å². The van der Waals surface area contributed by atoms with Gasteiger partial charge in [0, 0.05) is 35.5 Å². The second-order valence-electron chi connectivity index (χ2n) is 7.27. The van der Waals surface area contributed by atoms with Crippen LogP contribution in [0.25, 0.3) is 11.0 Å². The van der Waals surface area contributed by atoms with Gasteiger partial charge in [0.1, 0.15) is 12.2 Å². The Kier molecular flexibility index (Phi) is 8.38. The molecule has 4 rings (SSSR count). The minimum atomic E-state index is -0.463. The molecule has 35 heavy (non-hydrogen) atoms.